The van der Waals surface area contributed by atoms with E-state index in [-0.39, 0.29) is 0 Å². The summed E-state index contributed by atoms with van der Waals surface area (Å²) >= 11 is 5.19. The van der Waals surface area contributed by atoms with Gasteiger partial charge in [-0.3, -0.25) is 9.88 Å². The van der Waals surface area contributed by atoms with E-state index < -0.39 is 0 Å². The molecule has 6 heteroatoms. The molecule has 18 heavy (non-hydrogen) atoms. The fraction of sp³-hybridized carbons (Fsp3) is 0.417. The van der Waals surface area contributed by atoms with E-state index in [1.54, 1.807) is 17.1 Å². The molecule has 0 spiro atoms. The maximum atomic E-state index is 5.51. The summed E-state index contributed by atoms with van der Waals surface area (Å²) in [4.78, 5) is 6.79. The summed E-state index contributed by atoms with van der Waals surface area (Å²) in [6.07, 6.45) is 5.95. The van der Waals surface area contributed by atoms with Crippen LogP contribution in [0.1, 0.15) is 12.8 Å². The number of nitrogens with zero attached hydrogens (tertiary/aromatic N) is 4. The van der Waals surface area contributed by atoms with Crippen molar-refractivity contribution in [3.8, 4) is 11.5 Å². The topological polar surface area (TPSA) is 47.1 Å². The lowest BCUT2D eigenvalue weighted by atomic mass is 10.3. The van der Waals surface area contributed by atoms with Gasteiger partial charge < -0.3 is 4.42 Å². The zero-order valence-corrected chi connectivity index (χ0v) is 10.8. The molecule has 0 saturated carbocycles. The largest absolute Gasteiger partial charge is 0.409 e. The van der Waals surface area contributed by atoms with Crippen molar-refractivity contribution in [3.63, 3.8) is 0 Å². The van der Waals surface area contributed by atoms with Gasteiger partial charge in [-0.15, -0.1) is 5.10 Å². The van der Waals surface area contributed by atoms with Gasteiger partial charge in [-0.2, -0.15) is 0 Å². The summed E-state index contributed by atoms with van der Waals surface area (Å²) in [5, 5.41) is 4.41. The molecule has 2 aromatic rings. The monoisotopic (exact) mass is 262 g/mol. The lowest BCUT2D eigenvalue weighted by molar-refractivity contribution is 0.249. The van der Waals surface area contributed by atoms with Crippen molar-refractivity contribution in [1.82, 2.24) is 19.7 Å². The third-order valence-corrected chi connectivity index (χ3v) is 3.34. The van der Waals surface area contributed by atoms with Crippen LogP contribution in [0, 0.1) is 4.84 Å². The van der Waals surface area contributed by atoms with E-state index in [1.807, 2.05) is 12.1 Å². The molecule has 3 heterocycles. The molecule has 1 aliphatic rings. The van der Waals surface area contributed by atoms with E-state index in [1.165, 1.54) is 12.8 Å². The lowest BCUT2D eigenvalue weighted by Crippen LogP contribution is -2.23. The highest BCUT2D eigenvalue weighted by molar-refractivity contribution is 7.71. The van der Waals surface area contributed by atoms with E-state index in [4.69, 9.17) is 16.6 Å². The van der Waals surface area contributed by atoms with Crippen LogP contribution in [0.15, 0.2) is 28.9 Å². The summed E-state index contributed by atoms with van der Waals surface area (Å²) in [6.45, 7) is 2.93. The molecule has 0 bridgehead atoms. The number of likely N-dealkylation sites (tertiary alicyclic amines) is 1. The van der Waals surface area contributed by atoms with Gasteiger partial charge in [0.25, 0.3) is 4.84 Å². The predicted molar refractivity (Wildman–Crippen MR) is 69.4 cm³/mol. The number of rotatable bonds is 3. The Morgan fingerprint density at radius 2 is 2.17 bits per heavy atom. The molecule has 5 nitrogen and oxygen atoms in total. The van der Waals surface area contributed by atoms with Crippen molar-refractivity contribution in [3.05, 3.63) is 29.4 Å². The first-order chi connectivity index (χ1) is 8.83. The Kier molecular flexibility index (Phi) is 3.21. The second kappa shape index (κ2) is 4.99. The SMILES string of the molecule is S=c1oc(-c2cccnc2)nn1CN1CCCC1. The van der Waals surface area contributed by atoms with Crippen LogP contribution in [0.4, 0.5) is 0 Å². The molecule has 2 aromatic heterocycles. The Labute approximate surface area is 110 Å². The highest BCUT2D eigenvalue weighted by Crippen LogP contribution is 2.17. The lowest BCUT2D eigenvalue weighted by Gasteiger charge is -2.12. The van der Waals surface area contributed by atoms with Crippen molar-refractivity contribution in [1.29, 1.82) is 0 Å². The quantitative estimate of drug-likeness (QED) is 0.794. The molecule has 0 aromatic carbocycles. The molecule has 1 saturated heterocycles. The third kappa shape index (κ3) is 2.34. The second-order valence-corrected chi connectivity index (χ2v) is 4.73. The van der Waals surface area contributed by atoms with E-state index >= 15 is 0 Å². The summed E-state index contributed by atoms with van der Waals surface area (Å²) < 4.78 is 7.25. The number of hydrogen-bond donors (Lipinski definition) is 0. The van der Waals surface area contributed by atoms with Gasteiger partial charge in [0.15, 0.2) is 0 Å². The van der Waals surface area contributed by atoms with Gasteiger partial charge in [0, 0.05) is 12.4 Å². The van der Waals surface area contributed by atoms with Gasteiger partial charge >= 0.3 is 0 Å². The molecule has 0 radical (unpaired) electrons. The minimum absolute atomic E-state index is 0.417. The van der Waals surface area contributed by atoms with E-state index in [2.05, 4.69) is 15.0 Å². The molecule has 1 fully saturated rings. The number of aromatic nitrogens is 3. The van der Waals surface area contributed by atoms with Crippen LogP contribution >= 0.6 is 12.2 Å². The zero-order chi connectivity index (χ0) is 12.4. The molecule has 0 amide bonds. The summed E-state index contributed by atoms with van der Waals surface area (Å²) in [5.74, 6) is 0.535. The molecule has 0 atom stereocenters. The first kappa shape index (κ1) is 11.6. The van der Waals surface area contributed by atoms with Gasteiger partial charge in [0.05, 0.1) is 12.2 Å². The minimum atomic E-state index is 0.417. The number of pyridine rings is 1. The van der Waals surface area contributed by atoms with Gasteiger partial charge in [-0.25, -0.2) is 4.68 Å². The molecular weight excluding hydrogens is 248 g/mol. The van der Waals surface area contributed by atoms with Crippen LogP contribution in [-0.4, -0.2) is 32.8 Å². The Balaban J connectivity index is 1.84. The van der Waals surface area contributed by atoms with Crippen LogP contribution in [0.5, 0.6) is 0 Å². The van der Waals surface area contributed by atoms with E-state index in [9.17, 15) is 0 Å². The van der Waals surface area contributed by atoms with Crippen molar-refractivity contribution in [2.24, 2.45) is 0 Å². The van der Waals surface area contributed by atoms with Crippen molar-refractivity contribution in [2.45, 2.75) is 19.5 Å². The van der Waals surface area contributed by atoms with Gasteiger partial charge in [-0.1, -0.05) is 0 Å². The third-order valence-electron chi connectivity index (χ3n) is 3.05. The fourth-order valence-corrected chi connectivity index (χ4v) is 2.29. The first-order valence-corrected chi connectivity index (χ1v) is 6.44. The second-order valence-electron chi connectivity index (χ2n) is 4.38. The van der Waals surface area contributed by atoms with Crippen LogP contribution < -0.4 is 0 Å². The highest BCUT2D eigenvalue weighted by atomic mass is 32.1. The maximum Gasteiger partial charge on any atom is 0.288 e. The fourth-order valence-electron chi connectivity index (χ4n) is 2.12. The van der Waals surface area contributed by atoms with Crippen molar-refractivity contribution in [2.75, 3.05) is 13.1 Å². The van der Waals surface area contributed by atoms with Crippen molar-refractivity contribution >= 4 is 12.2 Å². The molecule has 3 rings (SSSR count). The Morgan fingerprint density at radius 1 is 1.33 bits per heavy atom. The van der Waals surface area contributed by atoms with Gasteiger partial charge in [-0.05, 0) is 50.3 Å². The Morgan fingerprint density at radius 3 is 2.89 bits per heavy atom. The van der Waals surface area contributed by atoms with E-state index in [0.717, 1.165) is 18.7 Å². The van der Waals surface area contributed by atoms with Crippen molar-refractivity contribution < 1.29 is 4.42 Å². The molecule has 94 valence electrons. The predicted octanol–water partition coefficient (Wildman–Crippen LogP) is 2.32. The summed E-state index contributed by atoms with van der Waals surface area (Å²) in [5.41, 5.74) is 0.851. The average molecular weight is 262 g/mol. The molecule has 0 aliphatic carbocycles. The first-order valence-electron chi connectivity index (χ1n) is 6.03. The maximum absolute atomic E-state index is 5.51. The highest BCUT2D eigenvalue weighted by Gasteiger charge is 2.14. The average Bonchev–Trinajstić information content (AvgIpc) is 3.02. The van der Waals surface area contributed by atoms with Crippen LogP contribution in [0.3, 0.4) is 0 Å². The normalized spacial score (nSPS) is 16.2. The number of hydrogen-bond acceptors (Lipinski definition) is 5. The van der Waals surface area contributed by atoms with E-state index in [0.29, 0.717) is 17.4 Å². The standard InChI is InChI=1S/C12H14N4OS/c18-12-16(9-15-6-1-2-7-15)14-11(17-12)10-4-3-5-13-8-10/h3-5,8H,1-2,6-7,9H2. The summed E-state index contributed by atoms with van der Waals surface area (Å²) in [7, 11) is 0. The smallest absolute Gasteiger partial charge is 0.288 e. The van der Waals surface area contributed by atoms with Crippen LogP contribution in [-0.2, 0) is 6.67 Å². The summed E-state index contributed by atoms with van der Waals surface area (Å²) in [6, 6.07) is 3.77. The Hall–Kier alpha value is -1.53. The molecular formula is C12H14N4OS. The minimum Gasteiger partial charge on any atom is -0.409 e. The molecule has 1 aliphatic heterocycles. The zero-order valence-electron chi connectivity index (χ0n) is 9.95. The van der Waals surface area contributed by atoms with Crippen LogP contribution in [0.25, 0.3) is 11.5 Å². The molecule has 0 unspecified atom stereocenters. The Bertz CT molecular complexity index is 571. The van der Waals surface area contributed by atoms with Crippen LogP contribution in [0.2, 0.25) is 0 Å². The molecule has 0 N–H and O–H groups in total. The van der Waals surface area contributed by atoms with Gasteiger partial charge in [0.2, 0.25) is 5.89 Å². The van der Waals surface area contributed by atoms with Gasteiger partial charge in [0.1, 0.15) is 0 Å².